The first-order valence-corrected chi connectivity index (χ1v) is 8.82. The summed E-state index contributed by atoms with van der Waals surface area (Å²) in [5.41, 5.74) is 1.23. The summed E-state index contributed by atoms with van der Waals surface area (Å²) in [5.74, 6) is -0.993. The monoisotopic (exact) mass is 372 g/mol. The van der Waals surface area contributed by atoms with E-state index in [4.69, 9.17) is 4.74 Å². The fourth-order valence-electron chi connectivity index (χ4n) is 2.56. The number of amides is 1. The fraction of sp³-hybridized carbons (Fsp3) is 0.222. The van der Waals surface area contributed by atoms with Crippen LogP contribution in [0.2, 0.25) is 0 Å². The lowest BCUT2D eigenvalue weighted by atomic mass is 10.1. The Kier molecular flexibility index (Phi) is 5.22. The largest absolute Gasteiger partial charge is 0.452 e. The Balaban J connectivity index is 1.57. The van der Waals surface area contributed by atoms with Crippen molar-refractivity contribution < 1.29 is 19.2 Å². The molecule has 0 bridgehead atoms. The zero-order chi connectivity index (χ0) is 18.7. The lowest BCUT2D eigenvalue weighted by molar-refractivity contribution is -0.384. The molecular weight excluding hydrogens is 356 g/mol. The number of non-ortho nitro benzene ring substituents is 1. The number of fused-ring (bicyclic) bond motifs is 1. The number of ether oxygens (including phenoxy) is 1. The maximum Gasteiger partial charge on any atom is 0.320 e. The summed E-state index contributed by atoms with van der Waals surface area (Å²) in [7, 11) is 0. The van der Waals surface area contributed by atoms with Crippen molar-refractivity contribution in [3.05, 3.63) is 64.2 Å². The predicted molar refractivity (Wildman–Crippen MR) is 97.1 cm³/mol. The lowest BCUT2D eigenvalue weighted by Crippen LogP contribution is -2.33. The van der Waals surface area contributed by atoms with E-state index in [2.05, 4.69) is 5.32 Å². The number of thioether (sulfide) groups is 1. The molecule has 1 aliphatic heterocycles. The van der Waals surface area contributed by atoms with Crippen LogP contribution in [0.3, 0.4) is 0 Å². The molecule has 1 aliphatic rings. The van der Waals surface area contributed by atoms with Crippen LogP contribution in [-0.2, 0) is 20.7 Å². The van der Waals surface area contributed by atoms with Gasteiger partial charge >= 0.3 is 5.97 Å². The molecule has 0 aliphatic carbocycles. The average Bonchev–Trinajstić information content (AvgIpc) is 3.06. The van der Waals surface area contributed by atoms with Gasteiger partial charge in [-0.2, -0.15) is 0 Å². The van der Waals surface area contributed by atoms with E-state index in [1.807, 2.05) is 24.3 Å². The number of hydrogen-bond acceptors (Lipinski definition) is 6. The van der Waals surface area contributed by atoms with E-state index in [0.29, 0.717) is 6.42 Å². The van der Waals surface area contributed by atoms with Crippen LogP contribution < -0.4 is 5.32 Å². The van der Waals surface area contributed by atoms with Gasteiger partial charge < -0.3 is 10.1 Å². The second kappa shape index (κ2) is 7.57. The van der Waals surface area contributed by atoms with E-state index in [9.17, 15) is 19.7 Å². The van der Waals surface area contributed by atoms with Gasteiger partial charge in [-0.1, -0.05) is 24.3 Å². The van der Waals surface area contributed by atoms with Crippen molar-refractivity contribution in [1.82, 2.24) is 0 Å². The third kappa shape index (κ3) is 4.02. The van der Waals surface area contributed by atoms with Crippen molar-refractivity contribution in [2.45, 2.75) is 29.6 Å². The molecule has 0 spiro atoms. The minimum absolute atomic E-state index is 0.132. The third-order valence-electron chi connectivity index (χ3n) is 3.90. The molecule has 26 heavy (non-hydrogen) atoms. The van der Waals surface area contributed by atoms with Gasteiger partial charge in [-0.05, 0) is 31.0 Å². The molecule has 0 radical (unpaired) electrons. The summed E-state index contributed by atoms with van der Waals surface area (Å²) in [6, 6.07) is 13.3. The van der Waals surface area contributed by atoms with Gasteiger partial charge in [0.05, 0.1) is 4.92 Å². The van der Waals surface area contributed by atoms with Gasteiger partial charge in [-0.25, -0.2) is 0 Å². The molecular formula is C18H16N2O5S. The van der Waals surface area contributed by atoms with Crippen LogP contribution in [0.4, 0.5) is 11.4 Å². The Bertz CT molecular complexity index is 845. The number of anilines is 1. The number of carbonyl (C=O) groups is 2. The number of benzene rings is 2. The number of nitro benzene ring substituents is 1. The summed E-state index contributed by atoms with van der Waals surface area (Å²) in [5, 5.41) is 12.9. The number of nitro groups is 1. The quantitative estimate of drug-likeness (QED) is 0.492. The van der Waals surface area contributed by atoms with Crippen LogP contribution in [0.25, 0.3) is 0 Å². The number of nitrogens with one attached hydrogen (secondary N) is 1. The van der Waals surface area contributed by atoms with Crippen LogP contribution in [0.15, 0.2) is 53.4 Å². The van der Waals surface area contributed by atoms with Crippen molar-refractivity contribution in [1.29, 1.82) is 0 Å². The Morgan fingerprint density at radius 1 is 1.27 bits per heavy atom. The molecule has 2 aromatic carbocycles. The van der Waals surface area contributed by atoms with Crippen molar-refractivity contribution in [3.63, 3.8) is 0 Å². The van der Waals surface area contributed by atoms with Crippen LogP contribution in [0, 0.1) is 10.1 Å². The molecule has 8 heteroatoms. The minimum Gasteiger partial charge on any atom is -0.452 e. The van der Waals surface area contributed by atoms with Crippen molar-refractivity contribution in [3.8, 4) is 0 Å². The van der Waals surface area contributed by atoms with Crippen molar-refractivity contribution in [2.24, 2.45) is 0 Å². The maximum absolute atomic E-state index is 12.3. The van der Waals surface area contributed by atoms with Crippen LogP contribution in [-0.4, -0.2) is 28.2 Å². The van der Waals surface area contributed by atoms with Crippen LogP contribution in [0.5, 0.6) is 0 Å². The van der Waals surface area contributed by atoms with Crippen LogP contribution in [0.1, 0.15) is 12.5 Å². The smallest absolute Gasteiger partial charge is 0.320 e. The molecule has 2 atom stereocenters. The first kappa shape index (κ1) is 17.9. The highest BCUT2D eigenvalue weighted by Gasteiger charge is 2.31. The standard InChI is InChI=1S/C18H16N2O5S/c1-11(17(21)19-13-6-4-7-14(10-13)20(23)24)25-18(22)16-9-12-5-2-3-8-15(12)26-16/h2-8,10-11,16H,9H2,1H3,(H,19,21)/t11-,16+/m1/s1. The molecule has 0 saturated heterocycles. The van der Waals surface area contributed by atoms with E-state index in [-0.39, 0.29) is 16.6 Å². The SMILES string of the molecule is C[C@@H](OC(=O)[C@@H]1Cc2ccccc2S1)C(=O)Nc1cccc([N+](=O)[O-])c1. The minimum atomic E-state index is -1.01. The average molecular weight is 372 g/mol. The third-order valence-corrected chi connectivity index (χ3v) is 5.19. The van der Waals surface area contributed by atoms with Gasteiger partial charge in [0.15, 0.2) is 6.10 Å². The number of carbonyl (C=O) groups excluding carboxylic acids is 2. The van der Waals surface area contributed by atoms with Gasteiger partial charge in [0, 0.05) is 22.7 Å². The second-order valence-corrected chi connectivity index (χ2v) is 7.04. The van der Waals surface area contributed by atoms with Gasteiger partial charge in [0.1, 0.15) is 5.25 Å². The summed E-state index contributed by atoms with van der Waals surface area (Å²) >= 11 is 1.43. The Morgan fingerprint density at radius 3 is 2.77 bits per heavy atom. The molecule has 7 nitrogen and oxygen atoms in total. The Labute approximate surface area is 153 Å². The molecule has 0 aromatic heterocycles. The normalized spacial score (nSPS) is 16.4. The maximum atomic E-state index is 12.3. The number of hydrogen-bond donors (Lipinski definition) is 1. The van der Waals surface area contributed by atoms with E-state index in [1.165, 1.54) is 43.0 Å². The zero-order valence-corrected chi connectivity index (χ0v) is 14.7. The molecule has 3 rings (SSSR count). The number of esters is 1. The Hall–Kier alpha value is -2.87. The first-order chi connectivity index (χ1) is 12.4. The van der Waals surface area contributed by atoms with Crippen molar-refractivity contribution in [2.75, 3.05) is 5.32 Å². The first-order valence-electron chi connectivity index (χ1n) is 7.94. The van der Waals surface area contributed by atoms with E-state index < -0.39 is 22.9 Å². The fourth-order valence-corrected chi connectivity index (χ4v) is 3.74. The molecule has 1 heterocycles. The zero-order valence-electron chi connectivity index (χ0n) is 13.9. The molecule has 2 aromatic rings. The number of rotatable bonds is 5. The predicted octanol–water partition coefficient (Wildman–Crippen LogP) is 3.18. The molecule has 1 amide bonds. The summed E-state index contributed by atoms with van der Waals surface area (Å²) in [4.78, 5) is 35.8. The highest BCUT2D eigenvalue weighted by molar-refractivity contribution is 8.01. The molecule has 0 saturated carbocycles. The van der Waals surface area contributed by atoms with E-state index >= 15 is 0 Å². The summed E-state index contributed by atoms with van der Waals surface area (Å²) < 4.78 is 5.27. The highest BCUT2D eigenvalue weighted by atomic mass is 32.2. The van der Waals surface area contributed by atoms with E-state index in [1.54, 1.807) is 0 Å². The summed E-state index contributed by atoms with van der Waals surface area (Å²) in [6.45, 7) is 1.47. The lowest BCUT2D eigenvalue weighted by Gasteiger charge is -2.15. The molecule has 134 valence electrons. The van der Waals surface area contributed by atoms with E-state index in [0.717, 1.165) is 10.5 Å². The molecule has 0 fully saturated rings. The molecule has 0 unspecified atom stereocenters. The topological polar surface area (TPSA) is 98.5 Å². The van der Waals surface area contributed by atoms with Crippen LogP contribution >= 0.6 is 11.8 Å². The van der Waals surface area contributed by atoms with Gasteiger partial charge in [-0.3, -0.25) is 19.7 Å². The molecule has 1 N–H and O–H groups in total. The number of nitrogens with zero attached hydrogens (tertiary/aromatic N) is 1. The summed E-state index contributed by atoms with van der Waals surface area (Å²) in [6.07, 6.45) is -0.440. The Morgan fingerprint density at radius 2 is 2.04 bits per heavy atom. The van der Waals surface area contributed by atoms with Gasteiger partial charge in [-0.15, -0.1) is 11.8 Å². The van der Waals surface area contributed by atoms with Crippen molar-refractivity contribution >= 4 is 35.0 Å². The highest BCUT2D eigenvalue weighted by Crippen LogP contribution is 2.37. The van der Waals surface area contributed by atoms with Gasteiger partial charge in [0.2, 0.25) is 0 Å². The second-order valence-electron chi connectivity index (χ2n) is 5.79. The van der Waals surface area contributed by atoms with Gasteiger partial charge in [0.25, 0.3) is 11.6 Å².